The minimum Gasteiger partial charge on any atom is -0.492 e. The molecule has 0 fully saturated rings. The lowest BCUT2D eigenvalue weighted by Gasteiger charge is -2.11. The second-order valence-electron chi connectivity index (χ2n) is 4.38. The molecule has 110 valence electrons. The van der Waals surface area contributed by atoms with Crippen LogP contribution in [0.2, 0.25) is 0 Å². The third-order valence-electron chi connectivity index (χ3n) is 2.98. The van der Waals surface area contributed by atoms with Crippen molar-refractivity contribution in [3.8, 4) is 5.75 Å². The Morgan fingerprint density at radius 3 is 2.52 bits per heavy atom. The molecule has 0 N–H and O–H groups in total. The van der Waals surface area contributed by atoms with Crippen molar-refractivity contribution in [1.29, 1.82) is 0 Å². The van der Waals surface area contributed by atoms with E-state index in [1.54, 1.807) is 12.1 Å². The summed E-state index contributed by atoms with van der Waals surface area (Å²) in [7, 11) is 0. The largest absolute Gasteiger partial charge is 0.492 e. The first-order valence-corrected chi connectivity index (χ1v) is 7.64. The van der Waals surface area contributed by atoms with Gasteiger partial charge in [-0.1, -0.05) is 24.3 Å². The Kier molecular flexibility index (Phi) is 5.59. The van der Waals surface area contributed by atoms with E-state index in [9.17, 15) is 10.1 Å². The Labute approximate surface area is 136 Å². The van der Waals surface area contributed by atoms with Gasteiger partial charge in [0.1, 0.15) is 5.75 Å². The minimum absolute atomic E-state index is 0.0925. The molecule has 2 aromatic carbocycles. The quantitative estimate of drug-likeness (QED) is 0.420. The summed E-state index contributed by atoms with van der Waals surface area (Å²) < 4.78 is 6.64. The van der Waals surface area contributed by atoms with E-state index < -0.39 is 4.92 Å². The molecule has 0 saturated heterocycles. The van der Waals surface area contributed by atoms with E-state index in [1.807, 2.05) is 18.2 Å². The van der Waals surface area contributed by atoms with Crippen LogP contribution in [0.3, 0.4) is 0 Å². The smallest absolute Gasteiger partial charge is 0.269 e. The topological polar surface area (TPSA) is 52.4 Å². The van der Waals surface area contributed by atoms with E-state index in [0.29, 0.717) is 18.9 Å². The standard InChI is InChI=1S/C15H13BrClNO3/c16-14-3-1-2-12(10-17)15(14)21-9-8-11-4-6-13(7-5-11)18(19)20/h1-7H,8-10H2. The van der Waals surface area contributed by atoms with Crippen LogP contribution in [0, 0.1) is 10.1 Å². The summed E-state index contributed by atoms with van der Waals surface area (Å²) in [6.07, 6.45) is 0.668. The van der Waals surface area contributed by atoms with Crippen LogP contribution in [0.4, 0.5) is 5.69 Å². The molecule has 0 aliphatic carbocycles. The van der Waals surface area contributed by atoms with Gasteiger partial charge in [0.25, 0.3) is 5.69 Å². The number of non-ortho nitro benzene ring substituents is 1. The van der Waals surface area contributed by atoms with Gasteiger partial charge in [0, 0.05) is 24.1 Å². The SMILES string of the molecule is O=[N+]([O-])c1ccc(CCOc2c(Br)cccc2CCl)cc1. The predicted molar refractivity (Wildman–Crippen MR) is 86.0 cm³/mol. The lowest BCUT2D eigenvalue weighted by atomic mass is 10.1. The third-order valence-corrected chi connectivity index (χ3v) is 3.89. The fraction of sp³-hybridized carbons (Fsp3) is 0.200. The molecular formula is C15H13BrClNO3. The molecule has 4 nitrogen and oxygen atoms in total. The second kappa shape index (κ2) is 7.43. The van der Waals surface area contributed by atoms with Gasteiger partial charge in [-0.3, -0.25) is 10.1 Å². The summed E-state index contributed by atoms with van der Waals surface area (Å²) in [6, 6.07) is 12.2. The Morgan fingerprint density at radius 1 is 1.19 bits per heavy atom. The molecule has 0 unspecified atom stereocenters. The molecule has 0 amide bonds. The number of rotatable bonds is 6. The molecule has 0 atom stereocenters. The van der Waals surface area contributed by atoms with Crippen LogP contribution in [-0.4, -0.2) is 11.5 Å². The van der Waals surface area contributed by atoms with Crippen LogP contribution in [-0.2, 0) is 12.3 Å². The summed E-state index contributed by atoms with van der Waals surface area (Å²) in [5.74, 6) is 1.13. The summed E-state index contributed by atoms with van der Waals surface area (Å²) in [5, 5.41) is 10.6. The summed E-state index contributed by atoms with van der Waals surface area (Å²) in [6.45, 7) is 0.477. The van der Waals surface area contributed by atoms with Crippen molar-refractivity contribution in [3.63, 3.8) is 0 Å². The molecule has 0 aliphatic rings. The van der Waals surface area contributed by atoms with Gasteiger partial charge in [-0.15, -0.1) is 11.6 Å². The number of halogens is 2. The van der Waals surface area contributed by atoms with E-state index >= 15 is 0 Å². The van der Waals surface area contributed by atoms with Crippen molar-refractivity contribution in [2.75, 3.05) is 6.61 Å². The highest BCUT2D eigenvalue weighted by Crippen LogP contribution is 2.30. The fourth-order valence-electron chi connectivity index (χ4n) is 1.88. The number of hydrogen-bond acceptors (Lipinski definition) is 3. The van der Waals surface area contributed by atoms with Gasteiger partial charge in [0.15, 0.2) is 0 Å². The second-order valence-corrected chi connectivity index (χ2v) is 5.51. The van der Waals surface area contributed by atoms with Crippen molar-refractivity contribution < 1.29 is 9.66 Å². The number of alkyl halides is 1. The molecule has 0 aromatic heterocycles. The molecule has 2 rings (SSSR count). The Balaban J connectivity index is 1.97. The molecule has 2 aromatic rings. The van der Waals surface area contributed by atoms with Crippen molar-refractivity contribution in [1.82, 2.24) is 0 Å². The van der Waals surface area contributed by atoms with E-state index in [2.05, 4.69) is 15.9 Å². The summed E-state index contributed by atoms with van der Waals surface area (Å²) in [5.41, 5.74) is 2.00. The fourth-order valence-corrected chi connectivity index (χ4v) is 2.61. The van der Waals surface area contributed by atoms with Gasteiger partial charge in [-0.05, 0) is 27.6 Å². The molecule has 0 spiro atoms. The minimum atomic E-state index is -0.409. The van der Waals surface area contributed by atoms with Gasteiger partial charge in [0.2, 0.25) is 0 Å². The number of hydrogen-bond donors (Lipinski definition) is 0. The van der Waals surface area contributed by atoms with Crippen molar-refractivity contribution in [2.45, 2.75) is 12.3 Å². The van der Waals surface area contributed by atoms with E-state index in [-0.39, 0.29) is 5.69 Å². The molecule has 0 radical (unpaired) electrons. The molecule has 0 saturated carbocycles. The zero-order valence-corrected chi connectivity index (χ0v) is 13.4. The highest BCUT2D eigenvalue weighted by atomic mass is 79.9. The number of nitro groups is 1. The van der Waals surface area contributed by atoms with Gasteiger partial charge < -0.3 is 4.74 Å². The lowest BCUT2D eigenvalue weighted by molar-refractivity contribution is -0.384. The lowest BCUT2D eigenvalue weighted by Crippen LogP contribution is -2.03. The van der Waals surface area contributed by atoms with Crippen LogP contribution in [0.1, 0.15) is 11.1 Å². The first-order valence-electron chi connectivity index (χ1n) is 6.31. The molecule has 0 heterocycles. The molecule has 0 aliphatic heterocycles. The number of nitrogens with zero attached hydrogens (tertiary/aromatic N) is 1. The van der Waals surface area contributed by atoms with Crippen molar-refractivity contribution in [3.05, 3.63) is 68.2 Å². The van der Waals surface area contributed by atoms with Crippen molar-refractivity contribution >= 4 is 33.2 Å². The van der Waals surface area contributed by atoms with Gasteiger partial charge in [0.05, 0.1) is 21.9 Å². The first-order chi connectivity index (χ1) is 10.1. The van der Waals surface area contributed by atoms with Gasteiger partial charge in [-0.2, -0.15) is 0 Å². The van der Waals surface area contributed by atoms with Crippen LogP contribution < -0.4 is 4.74 Å². The summed E-state index contributed by atoms with van der Waals surface area (Å²) in [4.78, 5) is 10.2. The maximum Gasteiger partial charge on any atom is 0.269 e. The number of benzene rings is 2. The average molecular weight is 371 g/mol. The maximum absolute atomic E-state index is 10.6. The van der Waals surface area contributed by atoms with E-state index in [4.69, 9.17) is 16.3 Å². The van der Waals surface area contributed by atoms with Gasteiger partial charge >= 0.3 is 0 Å². The molecule has 21 heavy (non-hydrogen) atoms. The zero-order chi connectivity index (χ0) is 15.2. The predicted octanol–water partition coefficient (Wildman–Crippen LogP) is 4.72. The monoisotopic (exact) mass is 369 g/mol. The zero-order valence-electron chi connectivity index (χ0n) is 11.1. The number of nitro benzene ring substituents is 1. The molecule has 6 heteroatoms. The molecular weight excluding hydrogens is 358 g/mol. The first kappa shape index (κ1) is 15.8. The highest BCUT2D eigenvalue weighted by Gasteiger charge is 2.08. The number of para-hydroxylation sites is 1. The van der Waals surface area contributed by atoms with Crippen LogP contribution >= 0.6 is 27.5 Å². The highest BCUT2D eigenvalue weighted by molar-refractivity contribution is 9.10. The summed E-state index contributed by atoms with van der Waals surface area (Å²) >= 11 is 9.32. The average Bonchev–Trinajstić information content (AvgIpc) is 2.49. The Hall–Kier alpha value is -1.59. The Morgan fingerprint density at radius 2 is 1.90 bits per heavy atom. The van der Waals surface area contributed by atoms with Gasteiger partial charge in [-0.25, -0.2) is 0 Å². The van der Waals surface area contributed by atoms with Crippen LogP contribution in [0.5, 0.6) is 5.75 Å². The van der Waals surface area contributed by atoms with Crippen LogP contribution in [0.25, 0.3) is 0 Å². The normalized spacial score (nSPS) is 10.4. The van der Waals surface area contributed by atoms with E-state index in [0.717, 1.165) is 21.3 Å². The maximum atomic E-state index is 10.6. The number of ether oxygens (including phenoxy) is 1. The van der Waals surface area contributed by atoms with Crippen molar-refractivity contribution in [2.24, 2.45) is 0 Å². The molecule has 0 bridgehead atoms. The third kappa shape index (κ3) is 4.19. The van der Waals surface area contributed by atoms with E-state index in [1.165, 1.54) is 12.1 Å². The Bertz CT molecular complexity index is 631. The van der Waals surface area contributed by atoms with Crippen LogP contribution in [0.15, 0.2) is 46.9 Å².